The van der Waals surface area contributed by atoms with Gasteiger partial charge in [-0.15, -0.1) is 11.3 Å². The van der Waals surface area contributed by atoms with Crippen molar-refractivity contribution in [2.24, 2.45) is 5.92 Å². The smallest absolute Gasteiger partial charge is 0.341 e. The third-order valence-corrected chi connectivity index (χ3v) is 6.76. The van der Waals surface area contributed by atoms with Crippen LogP contribution >= 0.6 is 11.3 Å². The molecule has 0 aromatic carbocycles. The average Bonchev–Trinajstić information content (AvgIpc) is 3.34. The van der Waals surface area contributed by atoms with Crippen LogP contribution in [-0.2, 0) is 11.2 Å². The van der Waals surface area contributed by atoms with E-state index in [1.165, 1.54) is 22.1 Å². The van der Waals surface area contributed by atoms with E-state index in [1.54, 1.807) is 16.5 Å². The molecule has 1 saturated heterocycles. The number of hydrogen-bond acceptors (Lipinski definition) is 8. The Kier molecular flexibility index (Phi) is 6.08. The molecule has 1 aliphatic rings. The third kappa shape index (κ3) is 4.42. The fraction of sp³-hybridized carbons (Fsp3) is 0.250. The molecule has 0 spiro atoms. The highest BCUT2D eigenvalue weighted by Crippen LogP contribution is 2.30. The summed E-state index contributed by atoms with van der Waals surface area (Å²) < 4.78 is 16.4. The molecule has 0 unspecified atom stereocenters. The van der Waals surface area contributed by atoms with E-state index in [4.69, 9.17) is 0 Å². The number of carboxylic acids is 1. The summed E-state index contributed by atoms with van der Waals surface area (Å²) in [6, 6.07) is 6.70. The van der Waals surface area contributed by atoms with Crippen molar-refractivity contribution in [3.8, 4) is 5.13 Å². The predicted molar refractivity (Wildman–Crippen MR) is 128 cm³/mol. The number of nitrogens with zero attached hydrogens (tertiary/aromatic N) is 5. The number of aromatic carboxylic acids is 1. The molecule has 4 aromatic heterocycles. The Labute approximate surface area is 202 Å². The number of pyridine rings is 3. The van der Waals surface area contributed by atoms with Crippen LogP contribution in [0.25, 0.3) is 16.2 Å². The number of carbonyl (C=O) groups excluding carboxylic acids is 1. The van der Waals surface area contributed by atoms with Crippen LogP contribution in [0.1, 0.15) is 28.9 Å². The molecular formula is C24H20FN5O4S. The van der Waals surface area contributed by atoms with Crippen molar-refractivity contribution < 1.29 is 19.1 Å². The van der Waals surface area contributed by atoms with Crippen LogP contribution in [0.15, 0.2) is 53.0 Å². The maximum Gasteiger partial charge on any atom is 0.341 e. The minimum atomic E-state index is -1.42. The number of Topliss-reactive ketones (excluding diaryl/α,β-unsaturated/α-hetero) is 1. The Morgan fingerprint density at radius 3 is 2.71 bits per heavy atom. The second-order valence-corrected chi connectivity index (χ2v) is 9.14. The van der Waals surface area contributed by atoms with Crippen LogP contribution in [0.5, 0.6) is 0 Å². The molecule has 4 aromatic rings. The molecule has 9 nitrogen and oxygen atoms in total. The number of aryl methyl sites for hydroxylation is 1. The molecule has 1 N–H and O–H groups in total. The Balaban J connectivity index is 1.36. The van der Waals surface area contributed by atoms with Crippen molar-refractivity contribution in [1.82, 2.24) is 19.5 Å². The van der Waals surface area contributed by atoms with E-state index in [0.29, 0.717) is 31.1 Å². The van der Waals surface area contributed by atoms with Crippen molar-refractivity contribution in [2.45, 2.75) is 19.3 Å². The van der Waals surface area contributed by atoms with Crippen LogP contribution in [0.4, 0.5) is 10.2 Å². The molecule has 0 saturated carbocycles. The van der Waals surface area contributed by atoms with Gasteiger partial charge in [0.1, 0.15) is 11.3 Å². The standard InChI is InChI=1S/C24H20FN5O4S/c25-18-10-16-20(32)17(23(33)34)13-30(24-27-8-9-35-24)21(16)28-22(18)29-11-14(12-29)19(31)6-3-5-15-4-1-2-7-26-15/h1-2,4,7-10,13-14H,3,5-6,11-12H2,(H,33,34). The largest absolute Gasteiger partial charge is 0.477 e. The Morgan fingerprint density at radius 1 is 1.20 bits per heavy atom. The molecule has 5 heterocycles. The van der Waals surface area contributed by atoms with E-state index in [2.05, 4.69) is 15.0 Å². The zero-order chi connectivity index (χ0) is 24.5. The number of aromatic nitrogens is 4. The first-order valence-electron chi connectivity index (χ1n) is 11.0. The molecule has 178 valence electrons. The second-order valence-electron chi connectivity index (χ2n) is 8.27. The van der Waals surface area contributed by atoms with Crippen molar-refractivity contribution in [3.63, 3.8) is 0 Å². The first-order chi connectivity index (χ1) is 16.9. The van der Waals surface area contributed by atoms with E-state index in [0.717, 1.165) is 24.4 Å². The quantitative estimate of drug-likeness (QED) is 0.398. The van der Waals surface area contributed by atoms with Gasteiger partial charge in [0.2, 0.25) is 5.43 Å². The predicted octanol–water partition coefficient (Wildman–Crippen LogP) is 3.10. The highest BCUT2D eigenvalue weighted by molar-refractivity contribution is 7.12. The van der Waals surface area contributed by atoms with Crippen molar-refractivity contribution in [2.75, 3.05) is 18.0 Å². The molecule has 1 aliphatic heterocycles. The summed E-state index contributed by atoms with van der Waals surface area (Å²) in [7, 11) is 0. The first kappa shape index (κ1) is 22.8. The van der Waals surface area contributed by atoms with Crippen LogP contribution in [0, 0.1) is 11.7 Å². The summed E-state index contributed by atoms with van der Waals surface area (Å²) in [4.78, 5) is 51.3. The fourth-order valence-electron chi connectivity index (χ4n) is 4.12. The number of carboxylic acid groups (broad SMARTS) is 1. The summed E-state index contributed by atoms with van der Waals surface area (Å²) in [5, 5.41) is 11.4. The van der Waals surface area contributed by atoms with Crippen molar-refractivity contribution >= 4 is 39.9 Å². The van der Waals surface area contributed by atoms with Gasteiger partial charge in [-0.25, -0.2) is 19.2 Å². The molecular weight excluding hydrogens is 473 g/mol. The Hall–Kier alpha value is -3.99. The van der Waals surface area contributed by atoms with E-state index in [-0.39, 0.29) is 28.6 Å². The SMILES string of the molecule is O=C(O)c1cn(-c2nccs2)c2nc(N3CC(C(=O)CCCc4ccccn4)C3)c(F)cc2c1=O. The molecule has 11 heteroatoms. The summed E-state index contributed by atoms with van der Waals surface area (Å²) >= 11 is 1.23. The highest BCUT2D eigenvalue weighted by Gasteiger charge is 2.35. The summed E-state index contributed by atoms with van der Waals surface area (Å²) in [5.41, 5.74) is -0.267. The molecule has 0 atom stereocenters. The molecule has 0 aliphatic carbocycles. The van der Waals surface area contributed by atoms with Gasteiger partial charge in [-0.1, -0.05) is 6.07 Å². The fourth-order valence-corrected chi connectivity index (χ4v) is 4.74. The number of carbonyl (C=O) groups is 2. The van der Waals surface area contributed by atoms with Gasteiger partial charge in [0.15, 0.2) is 22.4 Å². The molecule has 0 radical (unpaired) electrons. The van der Waals surface area contributed by atoms with Gasteiger partial charge >= 0.3 is 5.97 Å². The van der Waals surface area contributed by atoms with Gasteiger partial charge < -0.3 is 10.0 Å². The third-order valence-electron chi connectivity index (χ3n) is 5.99. The lowest BCUT2D eigenvalue weighted by molar-refractivity contribution is -0.123. The zero-order valence-electron chi connectivity index (χ0n) is 18.4. The lowest BCUT2D eigenvalue weighted by Gasteiger charge is -2.39. The highest BCUT2D eigenvalue weighted by atomic mass is 32.1. The van der Waals surface area contributed by atoms with E-state index < -0.39 is 22.8 Å². The number of fused-ring (bicyclic) bond motifs is 1. The van der Waals surface area contributed by atoms with Gasteiger partial charge in [0.05, 0.1) is 11.3 Å². The minimum Gasteiger partial charge on any atom is -0.477 e. The van der Waals surface area contributed by atoms with Crippen LogP contribution in [0.3, 0.4) is 0 Å². The lowest BCUT2D eigenvalue weighted by Crippen LogP contribution is -2.51. The van der Waals surface area contributed by atoms with Crippen LogP contribution in [-0.4, -0.2) is 49.5 Å². The molecule has 0 bridgehead atoms. The van der Waals surface area contributed by atoms with E-state index in [1.807, 2.05) is 18.2 Å². The number of rotatable bonds is 8. The summed E-state index contributed by atoms with van der Waals surface area (Å²) in [6.07, 6.45) is 6.25. The average molecular weight is 494 g/mol. The number of ketones is 1. The number of anilines is 1. The number of halogens is 1. The zero-order valence-corrected chi connectivity index (χ0v) is 19.2. The van der Waals surface area contributed by atoms with Gasteiger partial charge in [-0.3, -0.25) is 19.1 Å². The van der Waals surface area contributed by atoms with E-state index in [9.17, 15) is 23.9 Å². The maximum atomic E-state index is 15.0. The monoisotopic (exact) mass is 493 g/mol. The van der Waals surface area contributed by atoms with Crippen molar-refractivity contribution in [1.29, 1.82) is 0 Å². The van der Waals surface area contributed by atoms with Gasteiger partial charge in [0.25, 0.3) is 0 Å². The second kappa shape index (κ2) is 9.34. The normalized spacial score (nSPS) is 13.7. The minimum absolute atomic E-state index is 0.0165. The molecule has 1 fully saturated rings. The maximum absolute atomic E-state index is 15.0. The number of hydrogen-bond donors (Lipinski definition) is 1. The number of thiazole rings is 1. The lowest BCUT2D eigenvalue weighted by atomic mass is 9.91. The van der Waals surface area contributed by atoms with Crippen LogP contribution in [0.2, 0.25) is 0 Å². The van der Waals surface area contributed by atoms with Crippen LogP contribution < -0.4 is 10.3 Å². The summed E-state index contributed by atoms with van der Waals surface area (Å²) in [6.45, 7) is 0.652. The van der Waals surface area contributed by atoms with Gasteiger partial charge in [-0.2, -0.15) is 0 Å². The molecule has 35 heavy (non-hydrogen) atoms. The first-order valence-corrected chi connectivity index (χ1v) is 11.9. The topological polar surface area (TPSA) is 118 Å². The van der Waals surface area contributed by atoms with E-state index >= 15 is 0 Å². The van der Waals surface area contributed by atoms with Crippen molar-refractivity contribution in [3.05, 3.63) is 75.5 Å². The Bertz CT molecular complexity index is 1470. The molecule has 0 amide bonds. The van der Waals surface area contributed by atoms with Gasteiger partial charge in [-0.05, 0) is 31.0 Å². The van der Waals surface area contributed by atoms with Gasteiger partial charge in [0, 0.05) is 49.2 Å². The Morgan fingerprint density at radius 2 is 2.03 bits per heavy atom. The summed E-state index contributed by atoms with van der Waals surface area (Å²) in [5.74, 6) is -2.25. The molecule has 5 rings (SSSR count).